The first-order valence-electron chi connectivity index (χ1n) is 36.6. The SMILES string of the molecule is CC.CC.CC.CC.CC.CC.CC.CC.CCn1c(C)[n+](C)c2cc3c(ccc4ccccc43)cc21.CCn1c(C)[n+](C)c2cc3cc4ccccc4cc3cc21.CCn1c(C)[n+](C)c2cc3ccc4ccccc4c3cc21.CCn1c(C)[n+](C)c2cc3ccccc3cc21. The van der Waals surface area contributed by atoms with Gasteiger partial charge in [0.1, 0.15) is 0 Å². The second kappa shape index (κ2) is 38.6. The molecule has 0 spiro atoms. The van der Waals surface area contributed by atoms with Gasteiger partial charge in [0.25, 0.3) is 23.3 Å². The first-order valence-corrected chi connectivity index (χ1v) is 36.6. The number of imidazole rings is 4. The number of aromatic nitrogens is 8. The summed E-state index contributed by atoms with van der Waals surface area (Å²) >= 11 is 0. The molecule has 0 saturated heterocycles. The first kappa shape index (κ1) is 79.6. The van der Waals surface area contributed by atoms with Crippen molar-refractivity contribution in [3.63, 3.8) is 0 Å². The maximum absolute atomic E-state index is 2.39. The van der Waals surface area contributed by atoms with Crippen LogP contribution in [0.3, 0.4) is 0 Å². The van der Waals surface area contributed by atoms with Gasteiger partial charge in [-0.1, -0.05) is 232 Å². The van der Waals surface area contributed by atoms with Crippen molar-refractivity contribution in [3.8, 4) is 0 Å². The van der Waals surface area contributed by atoms with Crippen molar-refractivity contribution in [1.82, 2.24) is 18.3 Å². The van der Waals surface area contributed by atoms with Crippen LogP contribution in [0.4, 0.5) is 0 Å². The van der Waals surface area contributed by atoms with Crippen LogP contribution in [-0.2, 0) is 54.4 Å². The Hall–Kier alpha value is -8.88. The summed E-state index contributed by atoms with van der Waals surface area (Å²) in [4.78, 5) is 0. The van der Waals surface area contributed by atoms with Crippen LogP contribution in [0.1, 0.15) is 162 Å². The van der Waals surface area contributed by atoms with Gasteiger partial charge in [-0.25, -0.2) is 36.5 Å². The van der Waals surface area contributed by atoms with Gasteiger partial charge in [-0.2, -0.15) is 0 Å². The van der Waals surface area contributed by atoms with Gasteiger partial charge in [0.15, 0.2) is 44.1 Å². The fourth-order valence-corrected chi connectivity index (χ4v) is 12.9. The molecule has 4 heterocycles. The van der Waals surface area contributed by atoms with Crippen molar-refractivity contribution in [1.29, 1.82) is 0 Å². The van der Waals surface area contributed by atoms with Crippen molar-refractivity contribution >= 4 is 120 Å². The molecule has 0 aliphatic carbocycles. The lowest BCUT2D eigenvalue weighted by Crippen LogP contribution is -2.30. The minimum absolute atomic E-state index is 0.999. The summed E-state index contributed by atoms with van der Waals surface area (Å²) in [6.07, 6.45) is 0. The van der Waals surface area contributed by atoms with Gasteiger partial charge in [-0.05, 0) is 164 Å². The Bertz CT molecular complexity index is 4880. The molecular formula is C88H122N8+4. The molecule has 0 N–H and O–H groups in total. The Morgan fingerprint density at radius 3 is 0.792 bits per heavy atom. The van der Waals surface area contributed by atoms with Crippen LogP contribution in [0.25, 0.3) is 120 Å². The molecule has 11 aromatic carbocycles. The molecular weight excluding hydrogens is 1170 g/mol. The minimum atomic E-state index is 0.999. The number of rotatable bonds is 4. The van der Waals surface area contributed by atoms with E-state index in [4.69, 9.17) is 0 Å². The van der Waals surface area contributed by atoms with Crippen molar-refractivity contribution in [2.45, 2.75) is 192 Å². The zero-order valence-electron chi connectivity index (χ0n) is 64.7. The summed E-state index contributed by atoms with van der Waals surface area (Å²) < 4.78 is 18.6. The minimum Gasteiger partial charge on any atom is -0.230 e. The van der Waals surface area contributed by atoms with Gasteiger partial charge in [0, 0.05) is 27.7 Å². The molecule has 8 nitrogen and oxygen atoms in total. The van der Waals surface area contributed by atoms with Gasteiger partial charge in [0.2, 0.25) is 0 Å². The largest absolute Gasteiger partial charge is 0.253 e. The van der Waals surface area contributed by atoms with Gasteiger partial charge in [-0.3, -0.25) is 0 Å². The van der Waals surface area contributed by atoms with Gasteiger partial charge in [0.05, 0.1) is 54.4 Å². The number of nitrogens with zero attached hydrogens (tertiary/aromatic N) is 8. The Morgan fingerprint density at radius 1 is 0.219 bits per heavy atom. The van der Waals surface area contributed by atoms with E-state index in [0.29, 0.717) is 0 Å². The lowest BCUT2D eigenvalue weighted by Gasteiger charge is -2.03. The number of hydrogen-bond donors (Lipinski definition) is 0. The number of benzene rings is 11. The predicted molar refractivity (Wildman–Crippen MR) is 427 cm³/mol. The van der Waals surface area contributed by atoms with E-state index in [9.17, 15) is 0 Å². The highest BCUT2D eigenvalue weighted by Crippen LogP contribution is 2.32. The maximum atomic E-state index is 2.39. The topological polar surface area (TPSA) is 35.2 Å². The van der Waals surface area contributed by atoms with Gasteiger partial charge >= 0.3 is 0 Å². The molecule has 0 unspecified atom stereocenters. The van der Waals surface area contributed by atoms with Crippen LogP contribution in [0.5, 0.6) is 0 Å². The number of hydrogen-bond acceptors (Lipinski definition) is 0. The van der Waals surface area contributed by atoms with E-state index < -0.39 is 0 Å². The molecule has 0 bridgehead atoms. The molecule has 96 heavy (non-hydrogen) atoms. The van der Waals surface area contributed by atoms with Crippen LogP contribution in [0.15, 0.2) is 182 Å². The Morgan fingerprint density at radius 2 is 0.438 bits per heavy atom. The van der Waals surface area contributed by atoms with Crippen LogP contribution in [-0.4, -0.2) is 18.3 Å². The van der Waals surface area contributed by atoms with E-state index >= 15 is 0 Å². The highest BCUT2D eigenvalue weighted by Gasteiger charge is 2.23. The van der Waals surface area contributed by atoms with Gasteiger partial charge in [-0.15, -0.1) is 0 Å². The quantitative estimate of drug-likeness (QED) is 0.0956. The average Bonchev–Trinajstić information content (AvgIpc) is 1.53. The highest BCUT2D eigenvalue weighted by atomic mass is 15.2. The molecule has 15 rings (SSSR count). The molecule has 0 aliphatic heterocycles. The van der Waals surface area contributed by atoms with E-state index in [1.54, 1.807) is 0 Å². The Kier molecular flexibility index (Phi) is 32.0. The van der Waals surface area contributed by atoms with Crippen molar-refractivity contribution in [2.24, 2.45) is 28.2 Å². The molecule has 0 radical (unpaired) electrons. The summed E-state index contributed by atoms with van der Waals surface area (Å²) in [5, 5.41) is 18.4. The number of fused-ring (bicyclic) bond motifs is 13. The van der Waals surface area contributed by atoms with Crippen LogP contribution in [0, 0.1) is 27.7 Å². The summed E-state index contributed by atoms with van der Waals surface area (Å²) in [6, 6.07) is 66.4. The molecule has 0 amide bonds. The standard InChI is InChI=1S/3C19H19N2.C15H17N2.8C2H6/c1-4-21-13(2)20(3)18-11-16-9-14-7-5-6-8-15(14)10-17(16)12-19(18)21;1-4-21-13(2)20(3)18-12-17-15(11-19(18)21)10-9-14-7-5-6-8-16(14)17;1-4-21-13(2)20(3)18-11-15-10-9-14-7-5-6-8-16(14)17(15)12-19(18)21;1-4-17-11(2)16(3)14-9-12-7-5-6-8-13(12)10-15(14)17;8*1-2/h3*5-12H,4H2,1-3H3;5-10H,4H2,1-3H3;8*1-2H3/q4*+1;;;;;;;;. The summed E-state index contributed by atoms with van der Waals surface area (Å²) in [5.41, 5.74) is 10.5. The van der Waals surface area contributed by atoms with Crippen molar-refractivity contribution in [3.05, 3.63) is 205 Å². The van der Waals surface area contributed by atoms with E-state index in [2.05, 4.69) is 302 Å². The molecule has 4 aromatic heterocycles. The molecule has 0 saturated carbocycles. The third-order valence-corrected chi connectivity index (χ3v) is 17.7. The Balaban J connectivity index is 0.000000255. The fraction of sp³-hybridized carbons (Fsp3) is 0.364. The monoisotopic (exact) mass is 1290 g/mol. The average molecular weight is 1290 g/mol. The summed E-state index contributed by atoms with van der Waals surface area (Å²) in [7, 11) is 8.59. The van der Waals surface area contributed by atoms with Crippen LogP contribution >= 0.6 is 0 Å². The predicted octanol–water partition coefficient (Wildman–Crippen LogP) is 23.5. The molecule has 0 fully saturated rings. The zero-order chi connectivity index (χ0) is 71.7. The van der Waals surface area contributed by atoms with E-state index in [-0.39, 0.29) is 0 Å². The highest BCUT2D eigenvalue weighted by molar-refractivity contribution is 6.12. The molecule has 0 aliphatic rings. The lowest BCUT2D eigenvalue weighted by atomic mass is 10.0. The van der Waals surface area contributed by atoms with Crippen LogP contribution < -0.4 is 18.3 Å². The first-order chi connectivity index (χ1) is 46.8. The van der Waals surface area contributed by atoms with E-state index in [1.807, 2.05) is 111 Å². The van der Waals surface area contributed by atoms with E-state index in [0.717, 1.165) is 26.2 Å². The lowest BCUT2D eigenvalue weighted by molar-refractivity contribution is -0.652. The summed E-state index contributed by atoms with van der Waals surface area (Å²) in [6.45, 7) is 53.6. The Labute approximate surface area is 578 Å². The van der Waals surface area contributed by atoms with Crippen LogP contribution in [0.2, 0.25) is 0 Å². The summed E-state index contributed by atoms with van der Waals surface area (Å²) in [5.74, 6) is 5.20. The molecule has 15 aromatic rings. The fourth-order valence-electron chi connectivity index (χ4n) is 12.9. The normalized spacial score (nSPS) is 10.2. The molecule has 8 heteroatoms. The van der Waals surface area contributed by atoms with Gasteiger partial charge < -0.3 is 0 Å². The smallest absolute Gasteiger partial charge is 0.230 e. The molecule has 510 valence electrons. The second-order valence-corrected chi connectivity index (χ2v) is 21.7. The third kappa shape index (κ3) is 16.2. The van der Waals surface area contributed by atoms with Crippen molar-refractivity contribution < 1.29 is 18.3 Å². The molecule has 0 atom stereocenters. The zero-order valence-corrected chi connectivity index (χ0v) is 64.7. The second-order valence-electron chi connectivity index (χ2n) is 21.7. The number of aryl methyl sites for hydroxylation is 8. The van der Waals surface area contributed by atoms with E-state index in [1.165, 1.54) is 143 Å². The maximum Gasteiger partial charge on any atom is 0.253 e. The van der Waals surface area contributed by atoms with Crippen molar-refractivity contribution in [2.75, 3.05) is 0 Å². The third-order valence-electron chi connectivity index (χ3n) is 17.7.